The van der Waals surface area contributed by atoms with Crippen LogP contribution in [0.2, 0.25) is 0 Å². The standard InChI is InChI=1S/C8H18O2/c1-7(9-5)6-10-8(2,3)4/h7H,6H2,1-5H3/t7-/m0/s1. The van der Waals surface area contributed by atoms with Gasteiger partial charge in [0.15, 0.2) is 0 Å². The molecular weight excluding hydrogens is 128 g/mol. The summed E-state index contributed by atoms with van der Waals surface area (Å²) in [5.74, 6) is 0. The lowest BCUT2D eigenvalue weighted by molar-refractivity contribution is -0.0549. The van der Waals surface area contributed by atoms with E-state index in [1.165, 1.54) is 0 Å². The Balaban J connectivity index is 3.36. The van der Waals surface area contributed by atoms with Crippen LogP contribution >= 0.6 is 0 Å². The minimum atomic E-state index is -0.0488. The van der Waals surface area contributed by atoms with Gasteiger partial charge in [-0.25, -0.2) is 0 Å². The van der Waals surface area contributed by atoms with Crippen LogP contribution in [0, 0.1) is 0 Å². The quantitative estimate of drug-likeness (QED) is 0.605. The van der Waals surface area contributed by atoms with Gasteiger partial charge in [-0.05, 0) is 27.7 Å². The first-order valence-electron chi connectivity index (χ1n) is 3.62. The molecule has 2 heteroatoms. The van der Waals surface area contributed by atoms with Gasteiger partial charge in [0, 0.05) is 7.11 Å². The smallest absolute Gasteiger partial charge is 0.0776 e. The zero-order valence-electron chi connectivity index (χ0n) is 7.60. The van der Waals surface area contributed by atoms with Gasteiger partial charge in [0.05, 0.1) is 18.3 Å². The lowest BCUT2D eigenvalue weighted by Crippen LogP contribution is -2.25. The molecule has 2 nitrogen and oxygen atoms in total. The number of hydrogen-bond donors (Lipinski definition) is 0. The molecule has 0 rings (SSSR count). The molecule has 0 aromatic rings. The van der Waals surface area contributed by atoms with Gasteiger partial charge >= 0.3 is 0 Å². The Morgan fingerprint density at radius 3 is 2.10 bits per heavy atom. The molecule has 0 unspecified atom stereocenters. The van der Waals surface area contributed by atoms with E-state index >= 15 is 0 Å². The maximum Gasteiger partial charge on any atom is 0.0776 e. The van der Waals surface area contributed by atoms with E-state index in [1.54, 1.807) is 7.11 Å². The number of hydrogen-bond acceptors (Lipinski definition) is 2. The van der Waals surface area contributed by atoms with E-state index in [0.717, 1.165) is 0 Å². The Bertz CT molecular complexity index is 83.7. The second kappa shape index (κ2) is 3.94. The van der Waals surface area contributed by atoms with Crippen LogP contribution in [0.25, 0.3) is 0 Å². The van der Waals surface area contributed by atoms with Crippen molar-refractivity contribution in [2.45, 2.75) is 39.4 Å². The molecule has 0 aromatic heterocycles. The van der Waals surface area contributed by atoms with E-state index < -0.39 is 0 Å². The largest absolute Gasteiger partial charge is 0.379 e. The summed E-state index contributed by atoms with van der Waals surface area (Å²) in [6.45, 7) is 8.77. The van der Waals surface area contributed by atoms with Crippen LogP contribution in [0.5, 0.6) is 0 Å². The lowest BCUT2D eigenvalue weighted by Gasteiger charge is -2.21. The molecule has 0 N–H and O–H groups in total. The molecule has 0 amide bonds. The molecule has 0 aliphatic carbocycles. The summed E-state index contributed by atoms with van der Waals surface area (Å²) in [6.07, 6.45) is 0.194. The van der Waals surface area contributed by atoms with Crippen LogP contribution in [0.15, 0.2) is 0 Å². The van der Waals surface area contributed by atoms with Crippen LogP contribution < -0.4 is 0 Å². The third-order valence-corrected chi connectivity index (χ3v) is 1.15. The Morgan fingerprint density at radius 1 is 1.30 bits per heavy atom. The predicted molar refractivity (Wildman–Crippen MR) is 42.2 cm³/mol. The summed E-state index contributed by atoms with van der Waals surface area (Å²) in [5.41, 5.74) is -0.0488. The first-order valence-corrected chi connectivity index (χ1v) is 3.62. The van der Waals surface area contributed by atoms with Crippen molar-refractivity contribution >= 4 is 0 Å². The highest BCUT2D eigenvalue weighted by Gasteiger charge is 2.11. The minimum Gasteiger partial charge on any atom is -0.379 e. The molecule has 0 saturated carbocycles. The molecule has 0 heterocycles. The number of ether oxygens (including phenoxy) is 2. The third kappa shape index (κ3) is 6.05. The van der Waals surface area contributed by atoms with Crippen molar-refractivity contribution in [2.75, 3.05) is 13.7 Å². The fourth-order valence-corrected chi connectivity index (χ4v) is 0.435. The van der Waals surface area contributed by atoms with E-state index in [2.05, 4.69) is 0 Å². The van der Waals surface area contributed by atoms with Gasteiger partial charge in [0.25, 0.3) is 0 Å². The fourth-order valence-electron chi connectivity index (χ4n) is 0.435. The first kappa shape index (κ1) is 9.92. The van der Waals surface area contributed by atoms with Crippen LogP contribution in [-0.4, -0.2) is 25.4 Å². The van der Waals surface area contributed by atoms with Gasteiger partial charge in [-0.1, -0.05) is 0 Å². The maximum atomic E-state index is 5.46. The highest BCUT2D eigenvalue weighted by Crippen LogP contribution is 2.07. The zero-order chi connectivity index (χ0) is 8.20. The summed E-state index contributed by atoms with van der Waals surface area (Å²) < 4.78 is 10.5. The van der Waals surface area contributed by atoms with Gasteiger partial charge in [-0.3, -0.25) is 0 Å². The van der Waals surface area contributed by atoms with Crippen molar-refractivity contribution in [3.05, 3.63) is 0 Å². The molecule has 10 heavy (non-hydrogen) atoms. The summed E-state index contributed by atoms with van der Waals surface area (Å²) in [5, 5.41) is 0. The second-order valence-corrected chi connectivity index (χ2v) is 3.47. The normalized spacial score (nSPS) is 15.3. The lowest BCUT2D eigenvalue weighted by atomic mass is 10.2. The third-order valence-electron chi connectivity index (χ3n) is 1.15. The molecule has 62 valence electrons. The summed E-state index contributed by atoms with van der Waals surface area (Å²) in [7, 11) is 1.69. The fraction of sp³-hybridized carbons (Fsp3) is 1.00. The van der Waals surface area contributed by atoms with Gasteiger partial charge in [-0.15, -0.1) is 0 Å². The Morgan fingerprint density at radius 2 is 1.80 bits per heavy atom. The van der Waals surface area contributed by atoms with Crippen molar-refractivity contribution in [2.24, 2.45) is 0 Å². The zero-order valence-corrected chi connectivity index (χ0v) is 7.60. The molecule has 0 radical (unpaired) electrons. The van der Waals surface area contributed by atoms with Gasteiger partial charge in [-0.2, -0.15) is 0 Å². The SMILES string of the molecule is CO[C@@H](C)COC(C)(C)C. The Hall–Kier alpha value is -0.0800. The molecule has 1 atom stereocenters. The van der Waals surface area contributed by atoms with E-state index in [1.807, 2.05) is 27.7 Å². The average molecular weight is 146 g/mol. The van der Waals surface area contributed by atoms with Crippen LogP contribution in [-0.2, 0) is 9.47 Å². The maximum absolute atomic E-state index is 5.46. The number of rotatable bonds is 3. The van der Waals surface area contributed by atoms with Crippen LogP contribution in [0.4, 0.5) is 0 Å². The average Bonchev–Trinajstić information content (AvgIpc) is 1.81. The molecule has 0 spiro atoms. The van der Waals surface area contributed by atoms with Crippen molar-refractivity contribution < 1.29 is 9.47 Å². The molecule has 0 bridgehead atoms. The van der Waals surface area contributed by atoms with E-state index in [9.17, 15) is 0 Å². The van der Waals surface area contributed by atoms with Crippen LogP contribution in [0.1, 0.15) is 27.7 Å². The van der Waals surface area contributed by atoms with Crippen LogP contribution in [0.3, 0.4) is 0 Å². The number of methoxy groups -OCH3 is 1. The molecular formula is C8H18O2. The van der Waals surface area contributed by atoms with E-state index in [0.29, 0.717) is 6.61 Å². The molecule has 0 fully saturated rings. The summed E-state index contributed by atoms with van der Waals surface area (Å²) in [6, 6.07) is 0. The van der Waals surface area contributed by atoms with Gasteiger partial charge in [0.1, 0.15) is 0 Å². The topological polar surface area (TPSA) is 18.5 Å². The summed E-state index contributed by atoms with van der Waals surface area (Å²) in [4.78, 5) is 0. The first-order chi connectivity index (χ1) is 4.45. The Kier molecular flexibility index (Phi) is 3.91. The minimum absolute atomic E-state index is 0.0488. The van der Waals surface area contributed by atoms with Gasteiger partial charge < -0.3 is 9.47 Å². The van der Waals surface area contributed by atoms with E-state index in [-0.39, 0.29) is 11.7 Å². The molecule has 0 aliphatic rings. The van der Waals surface area contributed by atoms with Crippen molar-refractivity contribution in [1.29, 1.82) is 0 Å². The van der Waals surface area contributed by atoms with Crippen molar-refractivity contribution in [3.8, 4) is 0 Å². The monoisotopic (exact) mass is 146 g/mol. The predicted octanol–water partition coefficient (Wildman–Crippen LogP) is 1.84. The van der Waals surface area contributed by atoms with Crippen molar-refractivity contribution in [3.63, 3.8) is 0 Å². The molecule has 0 aromatic carbocycles. The molecule has 0 aliphatic heterocycles. The van der Waals surface area contributed by atoms with Gasteiger partial charge in [0.2, 0.25) is 0 Å². The van der Waals surface area contributed by atoms with Crippen molar-refractivity contribution in [1.82, 2.24) is 0 Å². The Labute approximate surface area is 63.5 Å². The molecule has 0 saturated heterocycles. The summed E-state index contributed by atoms with van der Waals surface area (Å²) >= 11 is 0. The highest BCUT2D eigenvalue weighted by atomic mass is 16.5. The second-order valence-electron chi connectivity index (χ2n) is 3.47. The van der Waals surface area contributed by atoms with E-state index in [4.69, 9.17) is 9.47 Å². The highest BCUT2D eigenvalue weighted by molar-refractivity contribution is 4.60.